The van der Waals surface area contributed by atoms with Gasteiger partial charge in [0.2, 0.25) is 5.91 Å². The number of methoxy groups -OCH3 is 1. The fourth-order valence-corrected chi connectivity index (χ4v) is 4.77. The van der Waals surface area contributed by atoms with E-state index in [-0.39, 0.29) is 24.3 Å². The largest absolute Gasteiger partial charge is 0.465 e. The number of esters is 1. The molecule has 1 aliphatic rings. The molecular formula is C26H34N3O4+. The molecule has 1 fully saturated rings. The highest BCUT2D eigenvalue weighted by atomic mass is 16.5. The van der Waals surface area contributed by atoms with E-state index in [9.17, 15) is 14.4 Å². The quantitative estimate of drug-likeness (QED) is 0.476. The number of hydrogen-bond acceptors (Lipinski definition) is 4. The lowest BCUT2D eigenvalue weighted by Gasteiger charge is -2.43. The summed E-state index contributed by atoms with van der Waals surface area (Å²) in [5, 5.41) is 5.91. The highest BCUT2D eigenvalue weighted by Crippen LogP contribution is 2.28. The molecule has 1 saturated heterocycles. The Balaban J connectivity index is 1.86. The maximum absolute atomic E-state index is 13.3. The number of carbonyl (C=O) groups excluding carboxylic acids is 3. The van der Waals surface area contributed by atoms with E-state index in [2.05, 4.69) is 22.8 Å². The van der Waals surface area contributed by atoms with Gasteiger partial charge in [0.15, 0.2) is 6.54 Å². The summed E-state index contributed by atoms with van der Waals surface area (Å²) in [5.74, 6) is -0.738. The van der Waals surface area contributed by atoms with Crippen molar-refractivity contribution in [2.24, 2.45) is 5.92 Å². The Bertz CT molecular complexity index is 992. The average molecular weight is 453 g/mol. The van der Waals surface area contributed by atoms with E-state index in [1.807, 2.05) is 38.1 Å². The van der Waals surface area contributed by atoms with Gasteiger partial charge in [-0.15, -0.1) is 0 Å². The van der Waals surface area contributed by atoms with E-state index in [1.54, 1.807) is 12.1 Å². The van der Waals surface area contributed by atoms with Crippen LogP contribution in [0.15, 0.2) is 48.5 Å². The highest BCUT2D eigenvalue weighted by molar-refractivity contribution is 6.02. The summed E-state index contributed by atoms with van der Waals surface area (Å²) in [4.78, 5) is 38.2. The van der Waals surface area contributed by atoms with Gasteiger partial charge in [-0.3, -0.25) is 9.59 Å². The maximum Gasteiger partial charge on any atom is 0.339 e. The lowest BCUT2D eigenvalue weighted by atomic mass is 9.93. The first-order valence-electron chi connectivity index (χ1n) is 11.5. The number of carbonyl (C=O) groups is 3. The van der Waals surface area contributed by atoms with Crippen molar-refractivity contribution in [2.45, 2.75) is 33.2 Å². The molecule has 0 spiro atoms. The third kappa shape index (κ3) is 6.20. The van der Waals surface area contributed by atoms with Gasteiger partial charge >= 0.3 is 5.97 Å². The molecule has 2 unspecified atom stereocenters. The topological polar surface area (TPSA) is 84.5 Å². The third-order valence-electron chi connectivity index (χ3n) is 6.30. The van der Waals surface area contributed by atoms with Crippen molar-refractivity contribution in [3.63, 3.8) is 0 Å². The van der Waals surface area contributed by atoms with Crippen LogP contribution in [0, 0.1) is 12.8 Å². The minimum atomic E-state index is -0.489. The molecule has 2 N–H and O–H groups in total. The zero-order valence-electron chi connectivity index (χ0n) is 19.7. The Morgan fingerprint density at radius 2 is 1.85 bits per heavy atom. The van der Waals surface area contributed by atoms with E-state index in [0.717, 1.165) is 30.5 Å². The number of nitrogens with one attached hydrogen (secondary N) is 2. The molecular weight excluding hydrogens is 418 g/mol. The van der Waals surface area contributed by atoms with Crippen LogP contribution in [0.1, 0.15) is 41.3 Å². The van der Waals surface area contributed by atoms with Gasteiger partial charge in [0, 0.05) is 12.1 Å². The molecule has 33 heavy (non-hydrogen) atoms. The number of anilines is 1. The van der Waals surface area contributed by atoms with Gasteiger partial charge in [0.1, 0.15) is 6.54 Å². The van der Waals surface area contributed by atoms with Gasteiger partial charge in [-0.1, -0.05) is 42.5 Å². The Kier molecular flexibility index (Phi) is 8.22. The van der Waals surface area contributed by atoms with Gasteiger partial charge in [0.25, 0.3) is 5.91 Å². The van der Waals surface area contributed by atoms with E-state index in [0.29, 0.717) is 35.4 Å². The van der Waals surface area contributed by atoms with Crippen LogP contribution in [-0.2, 0) is 20.9 Å². The molecule has 0 bridgehead atoms. The molecule has 2 aromatic carbocycles. The van der Waals surface area contributed by atoms with Crippen LogP contribution in [0.5, 0.6) is 0 Å². The predicted octanol–water partition coefficient (Wildman–Crippen LogP) is 3.28. The summed E-state index contributed by atoms with van der Waals surface area (Å²) in [5.41, 5.74) is 2.73. The molecule has 7 heteroatoms. The molecule has 176 valence electrons. The van der Waals surface area contributed by atoms with E-state index >= 15 is 0 Å². The summed E-state index contributed by atoms with van der Waals surface area (Å²) < 4.78 is 5.38. The van der Waals surface area contributed by atoms with E-state index in [1.165, 1.54) is 7.11 Å². The van der Waals surface area contributed by atoms with E-state index in [4.69, 9.17) is 4.74 Å². The van der Waals surface area contributed by atoms with Crippen molar-refractivity contribution in [1.82, 2.24) is 5.32 Å². The standard InChI is InChI=1S/C26H33N3O4/c1-4-27-25(31)21-13-9-15-29(17-21,16-20-11-6-5-7-12-20)18-23(30)28-24-19(2)10-8-14-22(24)26(32)33-3/h5-8,10-12,14,21H,4,9,13,15-18H2,1-3H3,(H-,27,28,30,31,32)/p+1. The van der Waals surface area contributed by atoms with Gasteiger partial charge < -0.3 is 19.9 Å². The number of hydrogen-bond donors (Lipinski definition) is 2. The number of quaternary nitrogens is 1. The summed E-state index contributed by atoms with van der Waals surface area (Å²) in [6.07, 6.45) is 1.70. The van der Waals surface area contributed by atoms with Crippen molar-refractivity contribution in [3.8, 4) is 0 Å². The Morgan fingerprint density at radius 1 is 1.09 bits per heavy atom. The molecule has 2 amide bonds. The molecule has 2 atom stereocenters. The monoisotopic (exact) mass is 452 g/mol. The fraction of sp³-hybridized carbons (Fsp3) is 0.423. The number of piperidine rings is 1. The van der Waals surface area contributed by atoms with Crippen LogP contribution in [-0.4, -0.2) is 55.6 Å². The minimum Gasteiger partial charge on any atom is -0.465 e. The second-order valence-electron chi connectivity index (χ2n) is 8.82. The summed E-state index contributed by atoms with van der Waals surface area (Å²) in [6.45, 7) is 6.67. The Morgan fingerprint density at radius 3 is 2.55 bits per heavy atom. The number of aryl methyl sites for hydroxylation is 1. The number of para-hydroxylation sites is 1. The number of rotatable bonds is 8. The minimum absolute atomic E-state index is 0.0556. The zero-order chi connectivity index (χ0) is 23.8. The molecule has 0 aromatic heterocycles. The van der Waals surface area contributed by atoms with Crippen LogP contribution in [0.3, 0.4) is 0 Å². The number of ether oxygens (including phenoxy) is 1. The second kappa shape index (κ2) is 11.1. The zero-order valence-corrected chi connectivity index (χ0v) is 19.7. The lowest BCUT2D eigenvalue weighted by molar-refractivity contribution is -0.940. The van der Waals surface area contributed by atoms with Crippen molar-refractivity contribution in [3.05, 3.63) is 65.2 Å². The molecule has 0 saturated carbocycles. The number of benzene rings is 2. The Labute approximate surface area is 195 Å². The van der Waals surface area contributed by atoms with Gasteiger partial charge in [-0.25, -0.2) is 4.79 Å². The molecule has 0 radical (unpaired) electrons. The third-order valence-corrected chi connectivity index (χ3v) is 6.30. The molecule has 1 heterocycles. The van der Waals surface area contributed by atoms with Crippen molar-refractivity contribution in [2.75, 3.05) is 38.6 Å². The first-order valence-corrected chi connectivity index (χ1v) is 11.5. The maximum atomic E-state index is 13.3. The van der Waals surface area contributed by atoms with Crippen LogP contribution < -0.4 is 10.6 Å². The summed E-state index contributed by atoms with van der Waals surface area (Å²) in [7, 11) is 1.32. The van der Waals surface area contributed by atoms with Crippen LogP contribution in [0.4, 0.5) is 5.69 Å². The average Bonchev–Trinajstić information content (AvgIpc) is 2.80. The lowest BCUT2D eigenvalue weighted by Crippen LogP contribution is -2.58. The van der Waals surface area contributed by atoms with E-state index < -0.39 is 5.97 Å². The van der Waals surface area contributed by atoms with Crippen molar-refractivity contribution >= 4 is 23.5 Å². The molecule has 7 nitrogen and oxygen atoms in total. The van der Waals surface area contributed by atoms with Crippen molar-refractivity contribution in [1.29, 1.82) is 0 Å². The molecule has 3 rings (SSSR count). The fourth-order valence-electron chi connectivity index (χ4n) is 4.77. The Hall–Kier alpha value is -3.19. The van der Waals surface area contributed by atoms with Gasteiger partial charge in [-0.2, -0.15) is 0 Å². The summed E-state index contributed by atoms with van der Waals surface area (Å²) in [6, 6.07) is 15.3. The first-order chi connectivity index (χ1) is 15.9. The number of amides is 2. The SMILES string of the molecule is CCNC(=O)C1CCC[N+](CC(=O)Nc2c(C)cccc2C(=O)OC)(Cc2ccccc2)C1. The van der Waals surface area contributed by atoms with Crippen LogP contribution in [0.2, 0.25) is 0 Å². The van der Waals surface area contributed by atoms with Crippen molar-refractivity contribution < 1.29 is 23.6 Å². The second-order valence-corrected chi connectivity index (χ2v) is 8.82. The number of nitrogens with zero attached hydrogens (tertiary/aromatic N) is 1. The van der Waals surface area contributed by atoms with Gasteiger partial charge in [-0.05, 0) is 38.3 Å². The first kappa shape index (κ1) is 24.5. The smallest absolute Gasteiger partial charge is 0.339 e. The highest BCUT2D eigenvalue weighted by Gasteiger charge is 2.40. The van der Waals surface area contributed by atoms with Crippen LogP contribution in [0.25, 0.3) is 0 Å². The van der Waals surface area contributed by atoms with Gasteiger partial charge in [0.05, 0.1) is 37.4 Å². The summed E-state index contributed by atoms with van der Waals surface area (Å²) >= 11 is 0. The predicted molar refractivity (Wildman–Crippen MR) is 128 cm³/mol. The molecule has 2 aromatic rings. The van der Waals surface area contributed by atoms with Crippen LogP contribution >= 0.6 is 0 Å². The molecule has 0 aliphatic carbocycles. The number of likely N-dealkylation sites (tertiary alicyclic amines) is 1. The molecule has 1 aliphatic heterocycles. The normalized spacial score (nSPS) is 20.0.